The second-order valence-electron chi connectivity index (χ2n) is 5.61. The van der Waals surface area contributed by atoms with Crippen molar-refractivity contribution in [3.8, 4) is 11.8 Å². The summed E-state index contributed by atoms with van der Waals surface area (Å²) in [4.78, 5) is 12.1. The Hall–Kier alpha value is -2.02. The van der Waals surface area contributed by atoms with Crippen LogP contribution in [0.5, 0.6) is 5.75 Å². The van der Waals surface area contributed by atoms with Gasteiger partial charge < -0.3 is 10.4 Å². The number of amides is 1. The Bertz CT molecular complexity index is 510. The van der Waals surface area contributed by atoms with Gasteiger partial charge in [-0.25, -0.2) is 0 Å². The zero-order valence-corrected chi connectivity index (χ0v) is 11.8. The summed E-state index contributed by atoms with van der Waals surface area (Å²) in [7, 11) is 0. The Morgan fingerprint density at radius 2 is 2.11 bits per heavy atom. The van der Waals surface area contributed by atoms with E-state index in [9.17, 15) is 9.90 Å². The van der Waals surface area contributed by atoms with E-state index in [1.54, 1.807) is 12.1 Å². The van der Waals surface area contributed by atoms with E-state index < -0.39 is 11.9 Å². The molecule has 1 aromatic carbocycles. The number of rotatable bonds is 3. The lowest BCUT2D eigenvalue weighted by Gasteiger charge is -2.25. The molecule has 1 amide bonds. The molecule has 1 atom stereocenters. The van der Waals surface area contributed by atoms with Crippen LogP contribution in [0.2, 0.25) is 0 Å². The number of nitrogens with zero attached hydrogens (tertiary/aromatic N) is 1. The molecule has 1 rings (SSSR count). The quantitative estimate of drug-likeness (QED) is 0.877. The minimum atomic E-state index is -0.607. The van der Waals surface area contributed by atoms with Crippen LogP contribution in [0, 0.1) is 16.7 Å². The fraction of sp³-hybridized carbons (Fsp3) is 0.467. The SMILES string of the molecule is CCc1ccc(O)c(C(=O)NC(C#N)C(C)(C)C)c1. The van der Waals surface area contributed by atoms with Gasteiger partial charge in [0.25, 0.3) is 5.91 Å². The maximum atomic E-state index is 12.1. The summed E-state index contributed by atoms with van der Waals surface area (Å²) in [5, 5.41) is 21.5. The first-order valence-corrected chi connectivity index (χ1v) is 6.32. The fourth-order valence-electron chi connectivity index (χ4n) is 1.64. The van der Waals surface area contributed by atoms with Crippen LogP contribution in [0.1, 0.15) is 43.6 Å². The number of hydrogen-bond acceptors (Lipinski definition) is 3. The van der Waals surface area contributed by atoms with Crippen molar-refractivity contribution in [3.63, 3.8) is 0 Å². The smallest absolute Gasteiger partial charge is 0.256 e. The van der Waals surface area contributed by atoms with Gasteiger partial charge in [0, 0.05) is 0 Å². The molecule has 0 saturated carbocycles. The van der Waals surface area contributed by atoms with Crippen molar-refractivity contribution >= 4 is 5.91 Å². The van der Waals surface area contributed by atoms with Crippen LogP contribution in [0.15, 0.2) is 18.2 Å². The van der Waals surface area contributed by atoms with Crippen molar-refractivity contribution in [1.82, 2.24) is 5.32 Å². The normalized spacial score (nSPS) is 12.6. The van der Waals surface area contributed by atoms with E-state index in [1.165, 1.54) is 6.07 Å². The maximum Gasteiger partial charge on any atom is 0.256 e. The number of carbonyl (C=O) groups is 1. The molecule has 0 aliphatic carbocycles. The summed E-state index contributed by atoms with van der Waals surface area (Å²) in [6, 6.07) is 6.41. The lowest BCUT2D eigenvalue weighted by atomic mass is 9.87. The van der Waals surface area contributed by atoms with E-state index in [1.807, 2.05) is 27.7 Å². The number of hydrogen-bond donors (Lipinski definition) is 2. The van der Waals surface area contributed by atoms with Crippen LogP contribution < -0.4 is 5.32 Å². The molecule has 102 valence electrons. The van der Waals surface area contributed by atoms with E-state index in [4.69, 9.17) is 5.26 Å². The van der Waals surface area contributed by atoms with Crippen molar-refractivity contribution in [1.29, 1.82) is 5.26 Å². The summed E-state index contributed by atoms with van der Waals surface area (Å²) >= 11 is 0. The predicted molar refractivity (Wildman–Crippen MR) is 73.8 cm³/mol. The molecule has 0 aromatic heterocycles. The first kappa shape index (κ1) is 15.0. The average molecular weight is 260 g/mol. The summed E-state index contributed by atoms with van der Waals surface area (Å²) < 4.78 is 0. The lowest BCUT2D eigenvalue weighted by Crippen LogP contribution is -2.42. The minimum absolute atomic E-state index is 0.0692. The van der Waals surface area contributed by atoms with E-state index >= 15 is 0 Å². The minimum Gasteiger partial charge on any atom is -0.507 e. The molecule has 0 saturated heterocycles. The third kappa shape index (κ3) is 3.72. The van der Waals surface area contributed by atoms with Gasteiger partial charge in [0.1, 0.15) is 11.8 Å². The van der Waals surface area contributed by atoms with Crippen molar-refractivity contribution in [2.24, 2.45) is 5.41 Å². The Morgan fingerprint density at radius 1 is 1.47 bits per heavy atom. The molecule has 0 aliphatic rings. The number of aryl methyl sites for hydroxylation is 1. The number of nitriles is 1. The molecule has 0 spiro atoms. The maximum absolute atomic E-state index is 12.1. The van der Waals surface area contributed by atoms with Crippen LogP contribution in [-0.4, -0.2) is 17.1 Å². The van der Waals surface area contributed by atoms with Gasteiger partial charge in [-0.2, -0.15) is 5.26 Å². The summed E-state index contributed by atoms with van der Waals surface area (Å²) in [5.74, 6) is -0.491. The van der Waals surface area contributed by atoms with Gasteiger partial charge in [0.2, 0.25) is 0 Å². The largest absolute Gasteiger partial charge is 0.507 e. The Morgan fingerprint density at radius 3 is 2.58 bits per heavy atom. The highest BCUT2D eigenvalue weighted by molar-refractivity contribution is 5.97. The second kappa shape index (κ2) is 5.75. The zero-order chi connectivity index (χ0) is 14.6. The number of nitrogens with one attached hydrogen (secondary N) is 1. The van der Waals surface area contributed by atoms with E-state index in [0.717, 1.165) is 12.0 Å². The van der Waals surface area contributed by atoms with Crippen LogP contribution >= 0.6 is 0 Å². The van der Waals surface area contributed by atoms with Crippen molar-refractivity contribution in [3.05, 3.63) is 29.3 Å². The van der Waals surface area contributed by atoms with Crippen molar-refractivity contribution < 1.29 is 9.90 Å². The molecule has 1 unspecified atom stereocenters. The first-order chi connectivity index (χ1) is 8.79. The Balaban J connectivity index is 2.99. The molecule has 0 aliphatic heterocycles. The highest BCUT2D eigenvalue weighted by Crippen LogP contribution is 2.22. The van der Waals surface area contributed by atoms with E-state index in [-0.39, 0.29) is 16.7 Å². The molecule has 0 fully saturated rings. The number of carbonyl (C=O) groups excluding carboxylic acids is 1. The number of phenols is 1. The number of aromatic hydroxyl groups is 1. The van der Waals surface area contributed by atoms with Crippen LogP contribution in [0.4, 0.5) is 0 Å². The van der Waals surface area contributed by atoms with Crippen LogP contribution in [0.25, 0.3) is 0 Å². The molecule has 4 heteroatoms. The average Bonchev–Trinajstić information content (AvgIpc) is 2.34. The molecule has 19 heavy (non-hydrogen) atoms. The molecule has 0 heterocycles. The van der Waals surface area contributed by atoms with Gasteiger partial charge in [-0.1, -0.05) is 33.8 Å². The van der Waals surface area contributed by atoms with Crippen LogP contribution in [-0.2, 0) is 6.42 Å². The molecular weight excluding hydrogens is 240 g/mol. The van der Waals surface area contributed by atoms with E-state index in [2.05, 4.69) is 11.4 Å². The van der Waals surface area contributed by atoms with Gasteiger partial charge in [-0.15, -0.1) is 0 Å². The zero-order valence-electron chi connectivity index (χ0n) is 11.8. The number of benzene rings is 1. The molecule has 0 bridgehead atoms. The highest BCUT2D eigenvalue weighted by Gasteiger charge is 2.27. The van der Waals surface area contributed by atoms with Gasteiger partial charge >= 0.3 is 0 Å². The first-order valence-electron chi connectivity index (χ1n) is 6.32. The Kier molecular flexibility index (Phi) is 4.55. The molecule has 2 N–H and O–H groups in total. The van der Waals surface area contributed by atoms with Gasteiger partial charge in [0.15, 0.2) is 0 Å². The predicted octanol–water partition coefficient (Wildman–Crippen LogP) is 2.62. The highest BCUT2D eigenvalue weighted by atomic mass is 16.3. The second-order valence-corrected chi connectivity index (χ2v) is 5.61. The summed E-state index contributed by atoms with van der Waals surface area (Å²) in [6.07, 6.45) is 0.779. The molecule has 4 nitrogen and oxygen atoms in total. The van der Waals surface area contributed by atoms with Gasteiger partial charge in [0.05, 0.1) is 11.6 Å². The Labute approximate surface area is 114 Å². The fourth-order valence-corrected chi connectivity index (χ4v) is 1.64. The summed E-state index contributed by atoms with van der Waals surface area (Å²) in [5.41, 5.74) is 0.818. The van der Waals surface area contributed by atoms with Gasteiger partial charge in [-0.3, -0.25) is 4.79 Å². The van der Waals surface area contributed by atoms with E-state index in [0.29, 0.717) is 0 Å². The number of phenolic OH excluding ortho intramolecular Hbond substituents is 1. The molecular formula is C15H20N2O2. The molecule has 0 radical (unpaired) electrons. The summed E-state index contributed by atoms with van der Waals surface area (Å²) in [6.45, 7) is 7.61. The third-order valence-corrected chi connectivity index (χ3v) is 2.98. The van der Waals surface area contributed by atoms with Crippen LogP contribution in [0.3, 0.4) is 0 Å². The lowest BCUT2D eigenvalue weighted by molar-refractivity contribution is 0.0919. The topological polar surface area (TPSA) is 73.1 Å². The van der Waals surface area contributed by atoms with Crippen molar-refractivity contribution in [2.75, 3.05) is 0 Å². The monoisotopic (exact) mass is 260 g/mol. The standard InChI is InChI=1S/C15H20N2O2/c1-5-10-6-7-12(18)11(8-10)14(19)17-13(9-16)15(2,3)4/h6-8,13,18H,5H2,1-4H3,(H,17,19). The molecule has 1 aromatic rings. The van der Waals surface area contributed by atoms with Crippen molar-refractivity contribution in [2.45, 2.75) is 40.2 Å². The van der Waals surface area contributed by atoms with Gasteiger partial charge in [-0.05, 0) is 29.5 Å². The third-order valence-electron chi connectivity index (χ3n) is 2.98.